The van der Waals surface area contributed by atoms with Crippen molar-refractivity contribution in [2.24, 2.45) is 0 Å². The van der Waals surface area contributed by atoms with Gasteiger partial charge in [-0.1, -0.05) is 53.1 Å². The Hall–Kier alpha value is -5.25. The van der Waals surface area contributed by atoms with Gasteiger partial charge in [-0.05, 0) is 114 Å². The van der Waals surface area contributed by atoms with E-state index in [0.717, 1.165) is 67.2 Å². The van der Waals surface area contributed by atoms with Crippen LogP contribution in [0.2, 0.25) is 0 Å². The van der Waals surface area contributed by atoms with Crippen molar-refractivity contribution >= 4 is 7.32 Å². The fraction of sp³-hybridized carbons (Fsp3) is 0.250. The summed E-state index contributed by atoms with van der Waals surface area (Å²) in [5.41, 5.74) is 16.0. The molecule has 0 atom stereocenters. The molecule has 0 radical (unpaired) electrons. The normalized spacial score (nSPS) is 11.2. The number of hydrogen-bond donors (Lipinski definition) is 0. The van der Waals surface area contributed by atoms with Crippen molar-refractivity contribution in [3.8, 4) is 33.8 Å². The zero-order valence-corrected chi connectivity index (χ0v) is 27.9. The van der Waals surface area contributed by atoms with Crippen molar-refractivity contribution in [2.75, 3.05) is 0 Å². The van der Waals surface area contributed by atoms with Crippen LogP contribution in [-0.4, -0.2) is 37.2 Å². The molecule has 10 heteroatoms. The predicted octanol–water partition coefficient (Wildman–Crippen LogP) is 6.72. The SMILES string of the molecule is Cc1cc(C)c(-c2ccn(OB(On3ccc(-c4c(C)cc(C)cc4C)n3)On3ccc(-c4c(C)cc(C)cc4C)n3)n2)c(C)c1. The highest BCUT2D eigenvalue weighted by Crippen LogP contribution is 2.29. The second-order valence-electron chi connectivity index (χ2n) is 12.2. The molecule has 0 spiro atoms. The first-order chi connectivity index (χ1) is 21.9. The maximum Gasteiger partial charge on any atom is 0.929 e. The van der Waals surface area contributed by atoms with Crippen LogP contribution in [0.3, 0.4) is 0 Å². The zero-order chi connectivity index (χ0) is 32.7. The Balaban J connectivity index is 1.30. The fourth-order valence-corrected chi connectivity index (χ4v) is 6.57. The van der Waals surface area contributed by atoms with E-state index in [9.17, 15) is 0 Å². The van der Waals surface area contributed by atoms with Gasteiger partial charge in [0.25, 0.3) is 0 Å². The summed E-state index contributed by atoms with van der Waals surface area (Å²) in [7, 11) is -1.30. The van der Waals surface area contributed by atoms with Crippen molar-refractivity contribution in [1.82, 2.24) is 29.8 Å². The Morgan fingerprint density at radius 3 is 0.891 bits per heavy atom. The molecule has 0 bridgehead atoms. The van der Waals surface area contributed by atoms with Gasteiger partial charge in [0, 0.05) is 16.7 Å². The molecule has 3 aromatic carbocycles. The van der Waals surface area contributed by atoms with Crippen molar-refractivity contribution in [3.05, 3.63) is 123 Å². The lowest BCUT2D eigenvalue weighted by Crippen LogP contribution is -2.49. The van der Waals surface area contributed by atoms with E-state index >= 15 is 0 Å². The number of rotatable bonds is 9. The van der Waals surface area contributed by atoms with Crippen LogP contribution in [0, 0.1) is 62.3 Å². The molecular weight excluding hydrogens is 575 g/mol. The summed E-state index contributed by atoms with van der Waals surface area (Å²) < 4.78 is 18.4. The maximum absolute atomic E-state index is 6.12. The first-order valence-electron chi connectivity index (χ1n) is 15.4. The molecule has 0 saturated carbocycles. The molecule has 0 amide bonds. The number of hydrogen-bond acceptors (Lipinski definition) is 6. The third-order valence-electron chi connectivity index (χ3n) is 8.08. The quantitative estimate of drug-likeness (QED) is 0.168. The van der Waals surface area contributed by atoms with Gasteiger partial charge in [0.15, 0.2) is 0 Å². The Bertz CT molecular complexity index is 1750. The van der Waals surface area contributed by atoms with Gasteiger partial charge in [-0.25, -0.2) is 0 Å². The molecule has 234 valence electrons. The largest absolute Gasteiger partial charge is 0.929 e. The summed E-state index contributed by atoms with van der Waals surface area (Å²) in [6.07, 6.45) is 5.19. The molecule has 0 N–H and O–H groups in total. The van der Waals surface area contributed by atoms with Crippen LogP contribution >= 0.6 is 0 Å². The maximum atomic E-state index is 6.12. The van der Waals surface area contributed by atoms with Crippen molar-refractivity contribution < 1.29 is 14.3 Å². The minimum Gasteiger partial charge on any atom is -0.380 e. The summed E-state index contributed by atoms with van der Waals surface area (Å²) in [6, 6.07) is 18.6. The zero-order valence-electron chi connectivity index (χ0n) is 27.9. The highest BCUT2D eigenvalue weighted by atomic mass is 16.9. The highest BCUT2D eigenvalue weighted by molar-refractivity contribution is 6.37. The number of aryl methyl sites for hydroxylation is 9. The third-order valence-corrected chi connectivity index (χ3v) is 8.08. The smallest absolute Gasteiger partial charge is 0.380 e. The van der Waals surface area contributed by atoms with Crippen molar-refractivity contribution in [3.63, 3.8) is 0 Å². The average molecular weight is 615 g/mol. The molecule has 3 heterocycles. The highest BCUT2D eigenvalue weighted by Gasteiger charge is 2.35. The van der Waals surface area contributed by atoms with Gasteiger partial charge in [-0.2, -0.15) is 0 Å². The van der Waals surface area contributed by atoms with Gasteiger partial charge in [-0.15, -0.1) is 29.8 Å². The molecule has 0 aliphatic heterocycles. The Morgan fingerprint density at radius 1 is 0.413 bits per heavy atom. The summed E-state index contributed by atoms with van der Waals surface area (Å²) in [4.78, 5) is 4.03. The molecule has 6 aromatic rings. The van der Waals surface area contributed by atoms with Gasteiger partial charge < -0.3 is 14.3 Å². The molecule has 3 aromatic heterocycles. The van der Waals surface area contributed by atoms with Crippen LogP contribution in [0.25, 0.3) is 33.8 Å². The molecular formula is C36H39BN6O3. The number of nitrogens with zero attached hydrogens (tertiary/aromatic N) is 6. The Kier molecular flexibility index (Phi) is 8.21. The van der Waals surface area contributed by atoms with Crippen LogP contribution in [-0.2, 0) is 0 Å². The van der Waals surface area contributed by atoms with Crippen LogP contribution in [0.15, 0.2) is 73.2 Å². The predicted molar refractivity (Wildman–Crippen MR) is 181 cm³/mol. The second kappa shape index (κ2) is 12.3. The van der Waals surface area contributed by atoms with Crippen LogP contribution in [0.4, 0.5) is 0 Å². The summed E-state index contributed by atoms with van der Waals surface area (Å²) in [5.74, 6) is 0. The molecule has 0 unspecified atom stereocenters. The average Bonchev–Trinajstić information content (AvgIpc) is 3.70. The molecule has 0 saturated heterocycles. The summed E-state index contributed by atoms with van der Waals surface area (Å²) >= 11 is 0. The van der Waals surface area contributed by atoms with Gasteiger partial charge in [0.2, 0.25) is 0 Å². The fourth-order valence-electron chi connectivity index (χ4n) is 6.57. The first kappa shape index (κ1) is 30.8. The summed E-state index contributed by atoms with van der Waals surface area (Å²) in [5, 5.41) is 14.1. The molecule has 0 aliphatic rings. The van der Waals surface area contributed by atoms with Gasteiger partial charge >= 0.3 is 7.32 Å². The lowest BCUT2D eigenvalue weighted by Gasteiger charge is -2.14. The molecule has 6 rings (SSSR count). The molecule has 9 nitrogen and oxygen atoms in total. The molecule has 46 heavy (non-hydrogen) atoms. The van der Waals surface area contributed by atoms with E-state index in [4.69, 9.17) is 29.6 Å². The van der Waals surface area contributed by atoms with E-state index < -0.39 is 7.32 Å². The van der Waals surface area contributed by atoms with E-state index in [0.29, 0.717) is 0 Å². The molecule has 0 aliphatic carbocycles. The standard InChI is InChI=1S/C36H39BN6O3/c1-22-16-25(4)34(26(5)17-22)31-10-13-41(38-31)44-37(45-42-14-11-32(39-42)35-27(6)18-23(2)19-28(35)7)46-43-15-12-33(40-43)36-29(8)20-24(3)21-30(36)9/h10-21H,1-9H3. The minimum atomic E-state index is -1.30. The molecule has 0 fully saturated rings. The monoisotopic (exact) mass is 614 g/mol. The number of aromatic nitrogens is 6. The van der Waals surface area contributed by atoms with E-state index in [2.05, 4.69) is 98.7 Å². The van der Waals surface area contributed by atoms with Crippen LogP contribution in [0.5, 0.6) is 0 Å². The lowest BCUT2D eigenvalue weighted by atomic mass is 9.98. The van der Waals surface area contributed by atoms with E-state index in [-0.39, 0.29) is 0 Å². The Morgan fingerprint density at radius 2 is 0.652 bits per heavy atom. The van der Waals surface area contributed by atoms with E-state index in [1.165, 1.54) is 31.2 Å². The lowest BCUT2D eigenvalue weighted by molar-refractivity contribution is 0.0406. The van der Waals surface area contributed by atoms with E-state index in [1.54, 1.807) is 18.6 Å². The van der Waals surface area contributed by atoms with Gasteiger partial charge in [0.1, 0.15) is 0 Å². The van der Waals surface area contributed by atoms with Crippen molar-refractivity contribution in [1.29, 1.82) is 0 Å². The minimum absolute atomic E-state index is 0.784. The van der Waals surface area contributed by atoms with Crippen LogP contribution in [0.1, 0.15) is 50.1 Å². The summed E-state index contributed by atoms with van der Waals surface area (Å²) in [6.45, 7) is 18.8. The van der Waals surface area contributed by atoms with E-state index in [1.807, 2.05) is 18.2 Å². The van der Waals surface area contributed by atoms with Crippen molar-refractivity contribution in [2.45, 2.75) is 62.3 Å². The van der Waals surface area contributed by atoms with Crippen LogP contribution < -0.4 is 14.3 Å². The third kappa shape index (κ3) is 6.28. The number of benzene rings is 3. The Labute approximate surface area is 270 Å². The second-order valence-corrected chi connectivity index (χ2v) is 12.2. The van der Waals surface area contributed by atoms with Gasteiger partial charge in [0.05, 0.1) is 35.7 Å². The van der Waals surface area contributed by atoms with Gasteiger partial charge in [-0.3, -0.25) is 0 Å². The topological polar surface area (TPSA) is 81.1 Å². The first-order valence-corrected chi connectivity index (χ1v) is 15.4.